The maximum atomic E-state index is 10.4. The topological polar surface area (TPSA) is 76.2 Å². The molecule has 0 amide bonds. The van der Waals surface area contributed by atoms with Crippen molar-refractivity contribution in [2.75, 3.05) is 11.5 Å². The highest BCUT2D eigenvalue weighted by Gasteiger charge is 2.28. The molecule has 0 radical (unpaired) electrons. The average Bonchev–Trinajstić information content (AvgIpc) is 2.78. The second-order valence-corrected chi connectivity index (χ2v) is 6.90. The van der Waals surface area contributed by atoms with Crippen LogP contribution in [0, 0.1) is 0 Å². The third kappa shape index (κ3) is 3.65. The highest BCUT2D eigenvalue weighted by Crippen LogP contribution is 2.41. The van der Waals surface area contributed by atoms with E-state index in [4.69, 9.17) is 9.63 Å². The molecule has 0 aliphatic carbocycles. The second-order valence-electron chi connectivity index (χ2n) is 4.16. The van der Waals surface area contributed by atoms with Gasteiger partial charge in [-0.1, -0.05) is 12.1 Å². The zero-order valence-corrected chi connectivity index (χ0v) is 11.8. The van der Waals surface area contributed by atoms with Gasteiger partial charge in [0.15, 0.2) is 5.82 Å². The fraction of sp³-hybridized carbons (Fsp3) is 0.727. The van der Waals surface area contributed by atoms with Gasteiger partial charge in [0.05, 0.1) is 5.25 Å². The number of carboxylic acid groups (broad SMARTS) is 1. The van der Waals surface area contributed by atoms with Crippen LogP contribution >= 0.6 is 23.5 Å². The van der Waals surface area contributed by atoms with Crippen molar-refractivity contribution in [3.8, 4) is 0 Å². The summed E-state index contributed by atoms with van der Waals surface area (Å²) in [6, 6.07) is 0. The zero-order chi connectivity index (χ0) is 13.0. The normalized spacial score (nSPS) is 24.1. The van der Waals surface area contributed by atoms with E-state index in [1.807, 2.05) is 23.5 Å². The Hall–Kier alpha value is -0.690. The standard InChI is InChI=1S/C11H16N2O3S2/c1-7-10(18-6-5-17-7)11-12-8(16-13-11)3-2-4-9(14)15/h7,10H,2-6H2,1H3,(H,14,15). The van der Waals surface area contributed by atoms with Crippen LogP contribution in [0.15, 0.2) is 4.52 Å². The monoisotopic (exact) mass is 288 g/mol. The Morgan fingerprint density at radius 1 is 1.50 bits per heavy atom. The summed E-state index contributed by atoms with van der Waals surface area (Å²) in [5.74, 6) is 2.80. The Kier molecular flexibility index (Phi) is 4.94. The summed E-state index contributed by atoms with van der Waals surface area (Å²) < 4.78 is 5.17. The third-order valence-corrected chi connectivity index (χ3v) is 5.79. The highest BCUT2D eigenvalue weighted by atomic mass is 32.2. The second kappa shape index (κ2) is 6.47. The zero-order valence-electron chi connectivity index (χ0n) is 10.2. The first-order chi connectivity index (χ1) is 8.66. The summed E-state index contributed by atoms with van der Waals surface area (Å²) in [6.07, 6.45) is 1.22. The molecule has 18 heavy (non-hydrogen) atoms. The number of rotatable bonds is 5. The number of hydrogen-bond acceptors (Lipinski definition) is 6. The van der Waals surface area contributed by atoms with E-state index in [-0.39, 0.29) is 6.42 Å². The van der Waals surface area contributed by atoms with Gasteiger partial charge in [0.25, 0.3) is 0 Å². The molecule has 100 valence electrons. The number of aromatic nitrogens is 2. The van der Waals surface area contributed by atoms with Crippen LogP contribution in [0.3, 0.4) is 0 Å². The summed E-state index contributed by atoms with van der Waals surface area (Å²) in [7, 11) is 0. The van der Waals surface area contributed by atoms with Crippen LogP contribution in [0.4, 0.5) is 0 Å². The van der Waals surface area contributed by atoms with E-state index in [1.165, 1.54) is 5.75 Å². The number of aryl methyl sites for hydroxylation is 1. The number of nitrogens with zero attached hydrogens (tertiary/aromatic N) is 2. The summed E-state index contributed by atoms with van der Waals surface area (Å²) >= 11 is 3.80. The molecule has 0 saturated carbocycles. The predicted octanol–water partition coefficient (Wildman–Crippen LogP) is 2.39. The van der Waals surface area contributed by atoms with Crippen LogP contribution < -0.4 is 0 Å². The van der Waals surface area contributed by atoms with Crippen LogP contribution in [-0.4, -0.2) is 38.0 Å². The number of carboxylic acids is 1. The van der Waals surface area contributed by atoms with Gasteiger partial charge in [-0.2, -0.15) is 16.7 Å². The first-order valence-corrected chi connectivity index (χ1v) is 8.04. The van der Waals surface area contributed by atoms with E-state index in [9.17, 15) is 4.79 Å². The summed E-state index contributed by atoms with van der Waals surface area (Å²) in [4.78, 5) is 14.8. The maximum Gasteiger partial charge on any atom is 0.303 e. The molecule has 2 rings (SSSR count). The molecule has 1 aliphatic heterocycles. The molecule has 1 aromatic rings. The molecule has 0 bridgehead atoms. The van der Waals surface area contributed by atoms with Crippen molar-refractivity contribution in [1.29, 1.82) is 0 Å². The molecular formula is C11H16N2O3S2. The molecule has 1 aliphatic rings. The first kappa shape index (κ1) is 13.7. The fourth-order valence-electron chi connectivity index (χ4n) is 1.79. The Balaban J connectivity index is 1.90. The van der Waals surface area contributed by atoms with Gasteiger partial charge in [0.2, 0.25) is 5.89 Å². The van der Waals surface area contributed by atoms with E-state index in [1.54, 1.807) is 0 Å². The number of hydrogen-bond donors (Lipinski definition) is 1. The van der Waals surface area contributed by atoms with Gasteiger partial charge in [-0.3, -0.25) is 4.79 Å². The molecule has 2 unspecified atom stereocenters. The number of carbonyl (C=O) groups is 1. The minimum atomic E-state index is -0.789. The Labute approximate surface area is 114 Å². The van der Waals surface area contributed by atoms with Gasteiger partial charge in [-0.15, -0.1) is 11.8 Å². The van der Waals surface area contributed by atoms with Gasteiger partial charge in [-0.25, -0.2) is 0 Å². The van der Waals surface area contributed by atoms with Crippen molar-refractivity contribution < 1.29 is 14.4 Å². The summed E-state index contributed by atoms with van der Waals surface area (Å²) in [5, 5.41) is 13.4. The van der Waals surface area contributed by atoms with E-state index < -0.39 is 5.97 Å². The molecule has 1 N–H and O–H groups in total. The Bertz CT molecular complexity index is 411. The van der Waals surface area contributed by atoms with Crippen molar-refractivity contribution >= 4 is 29.5 Å². The summed E-state index contributed by atoms with van der Waals surface area (Å²) in [6.45, 7) is 2.18. The Morgan fingerprint density at radius 3 is 3.00 bits per heavy atom. The molecule has 5 nitrogen and oxygen atoms in total. The Morgan fingerprint density at radius 2 is 2.28 bits per heavy atom. The molecule has 1 aromatic heterocycles. The molecule has 2 atom stereocenters. The van der Waals surface area contributed by atoms with Crippen LogP contribution in [-0.2, 0) is 11.2 Å². The van der Waals surface area contributed by atoms with Crippen LogP contribution in [0.2, 0.25) is 0 Å². The predicted molar refractivity (Wildman–Crippen MR) is 72.0 cm³/mol. The van der Waals surface area contributed by atoms with E-state index in [0.717, 1.165) is 11.6 Å². The molecule has 1 fully saturated rings. The van der Waals surface area contributed by atoms with Gasteiger partial charge >= 0.3 is 5.97 Å². The van der Waals surface area contributed by atoms with E-state index >= 15 is 0 Å². The highest BCUT2D eigenvalue weighted by molar-refractivity contribution is 8.06. The quantitative estimate of drug-likeness (QED) is 0.891. The van der Waals surface area contributed by atoms with E-state index in [0.29, 0.717) is 29.2 Å². The van der Waals surface area contributed by atoms with Gasteiger partial charge in [-0.05, 0) is 6.42 Å². The molecular weight excluding hydrogens is 272 g/mol. The lowest BCUT2D eigenvalue weighted by Crippen LogP contribution is -2.16. The largest absolute Gasteiger partial charge is 0.481 e. The van der Waals surface area contributed by atoms with Gasteiger partial charge in [0, 0.05) is 29.6 Å². The minimum Gasteiger partial charge on any atom is -0.481 e. The van der Waals surface area contributed by atoms with E-state index in [2.05, 4.69) is 17.1 Å². The van der Waals surface area contributed by atoms with Gasteiger partial charge < -0.3 is 9.63 Å². The third-order valence-electron chi connectivity index (χ3n) is 2.71. The average molecular weight is 288 g/mol. The lowest BCUT2D eigenvalue weighted by molar-refractivity contribution is -0.137. The smallest absolute Gasteiger partial charge is 0.303 e. The van der Waals surface area contributed by atoms with Crippen LogP contribution in [0.1, 0.15) is 36.7 Å². The van der Waals surface area contributed by atoms with Crippen molar-refractivity contribution in [1.82, 2.24) is 10.1 Å². The number of thioether (sulfide) groups is 2. The minimum absolute atomic E-state index is 0.141. The lowest BCUT2D eigenvalue weighted by Gasteiger charge is -2.24. The van der Waals surface area contributed by atoms with Crippen LogP contribution in [0.5, 0.6) is 0 Å². The molecule has 0 aromatic carbocycles. The molecule has 1 saturated heterocycles. The molecule has 0 spiro atoms. The van der Waals surface area contributed by atoms with Crippen molar-refractivity contribution in [2.45, 2.75) is 36.7 Å². The van der Waals surface area contributed by atoms with Gasteiger partial charge in [0.1, 0.15) is 0 Å². The maximum absolute atomic E-state index is 10.4. The first-order valence-electron chi connectivity index (χ1n) is 5.94. The fourth-order valence-corrected chi connectivity index (χ4v) is 4.47. The summed E-state index contributed by atoms with van der Waals surface area (Å²) in [5.41, 5.74) is 0. The molecule has 7 heteroatoms. The number of aliphatic carboxylic acids is 1. The van der Waals surface area contributed by atoms with Crippen LogP contribution in [0.25, 0.3) is 0 Å². The van der Waals surface area contributed by atoms with Crippen molar-refractivity contribution in [3.05, 3.63) is 11.7 Å². The van der Waals surface area contributed by atoms with Crippen molar-refractivity contribution in [3.63, 3.8) is 0 Å². The van der Waals surface area contributed by atoms with Crippen molar-refractivity contribution in [2.24, 2.45) is 0 Å². The SMILES string of the molecule is CC1SCCSC1c1noc(CCCC(=O)O)n1. The lowest BCUT2D eigenvalue weighted by atomic mass is 10.2. The molecule has 2 heterocycles.